The number of thiazole rings is 1. The van der Waals surface area contributed by atoms with E-state index in [1.807, 2.05) is 42.4 Å². The van der Waals surface area contributed by atoms with E-state index >= 15 is 0 Å². The largest absolute Gasteiger partial charge is 0.342 e. The van der Waals surface area contributed by atoms with Crippen LogP contribution in [-0.2, 0) is 11.2 Å². The summed E-state index contributed by atoms with van der Waals surface area (Å²) in [6.07, 6.45) is 6.11. The molecule has 0 spiro atoms. The molecule has 0 atom stereocenters. The fourth-order valence-corrected chi connectivity index (χ4v) is 4.70. The maximum absolute atomic E-state index is 12.9. The summed E-state index contributed by atoms with van der Waals surface area (Å²) in [6.45, 7) is 3.64. The molecule has 27 heavy (non-hydrogen) atoms. The second-order valence-electron chi connectivity index (χ2n) is 6.99. The fraction of sp³-hybridized carbons (Fsp3) is 0.318. The molecule has 1 fully saturated rings. The van der Waals surface area contributed by atoms with E-state index in [0.717, 1.165) is 47.1 Å². The highest BCUT2D eigenvalue weighted by atomic mass is 32.1. The zero-order chi connectivity index (χ0) is 18.6. The molecule has 0 radical (unpaired) electrons. The van der Waals surface area contributed by atoms with Crippen molar-refractivity contribution in [2.45, 2.75) is 32.1 Å². The van der Waals surface area contributed by atoms with E-state index in [1.165, 1.54) is 5.56 Å². The number of carbonyl (C=O) groups excluding carboxylic acids is 1. The number of hydrogen-bond acceptors (Lipinski definition) is 4. The van der Waals surface area contributed by atoms with Gasteiger partial charge < -0.3 is 4.90 Å². The lowest BCUT2D eigenvalue weighted by molar-refractivity contribution is -0.131. The molecule has 4 nitrogen and oxygen atoms in total. The van der Waals surface area contributed by atoms with E-state index in [2.05, 4.69) is 34.2 Å². The number of likely N-dealkylation sites (tertiary alicyclic amines) is 1. The number of aromatic nitrogens is 2. The molecule has 0 unspecified atom stereocenters. The SMILES string of the molecule is Cc1nc(CC(=O)N2CCC(c3ccncc3)CC2)c(-c2ccccc2)s1. The molecule has 1 aliphatic heterocycles. The monoisotopic (exact) mass is 377 g/mol. The van der Waals surface area contributed by atoms with Gasteiger partial charge in [-0.3, -0.25) is 9.78 Å². The summed E-state index contributed by atoms with van der Waals surface area (Å²) < 4.78 is 0. The Labute approximate surface area is 163 Å². The van der Waals surface area contributed by atoms with Gasteiger partial charge in [0, 0.05) is 25.5 Å². The number of aryl methyl sites for hydroxylation is 1. The third-order valence-corrected chi connectivity index (χ3v) is 6.25. The molecule has 0 bridgehead atoms. The number of amides is 1. The summed E-state index contributed by atoms with van der Waals surface area (Å²) in [4.78, 5) is 24.7. The predicted octanol–water partition coefficient (Wildman–Crippen LogP) is 4.46. The minimum atomic E-state index is 0.186. The first kappa shape index (κ1) is 17.9. The Morgan fingerprint density at radius 1 is 1.11 bits per heavy atom. The molecule has 3 aromatic rings. The minimum absolute atomic E-state index is 0.186. The van der Waals surface area contributed by atoms with Crippen molar-refractivity contribution in [2.75, 3.05) is 13.1 Å². The molecule has 3 heterocycles. The first-order valence-corrected chi connectivity index (χ1v) is 10.2. The average Bonchev–Trinajstić information content (AvgIpc) is 3.09. The van der Waals surface area contributed by atoms with E-state index in [9.17, 15) is 4.79 Å². The van der Waals surface area contributed by atoms with Crippen molar-refractivity contribution in [3.05, 3.63) is 71.1 Å². The van der Waals surface area contributed by atoms with E-state index < -0.39 is 0 Å². The van der Waals surface area contributed by atoms with E-state index in [1.54, 1.807) is 11.3 Å². The van der Waals surface area contributed by atoms with Crippen LogP contribution in [0.3, 0.4) is 0 Å². The maximum atomic E-state index is 12.9. The third-order valence-electron chi connectivity index (χ3n) is 5.18. The zero-order valence-corrected chi connectivity index (χ0v) is 16.3. The molecule has 5 heteroatoms. The van der Waals surface area contributed by atoms with Crippen molar-refractivity contribution in [1.29, 1.82) is 0 Å². The van der Waals surface area contributed by atoms with Crippen LogP contribution in [-0.4, -0.2) is 33.9 Å². The van der Waals surface area contributed by atoms with Gasteiger partial charge in [0.15, 0.2) is 0 Å². The van der Waals surface area contributed by atoms with E-state index in [0.29, 0.717) is 12.3 Å². The first-order chi connectivity index (χ1) is 13.2. The van der Waals surface area contributed by atoms with Crippen LogP contribution in [0, 0.1) is 6.92 Å². The van der Waals surface area contributed by atoms with Crippen molar-refractivity contribution in [3.8, 4) is 10.4 Å². The van der Waals surface area contributed by atoms with Crippen molar-refractivity contribution in [3.63, 3.8) is 0 Å². The highest BCUT2D eigenvalue weighted by molar-refractivity contribution is 7.15. The fourth-order valence-electron chi connectivity index (χ4n) is 3.76. The Morgan fingerprint density at radius 3 is 2.52 bits per heavy atom. The molecule has 0 saturated carbocycles. The second-order valence-corrected chi connectivity index (χ2v) is 8.19. The van der Waals surface area contributed by atoms with Crippen molar-refractivity contribution < 1.29 is 4.79 Å². The van der Waals surface area contributed by atoms with Gasteiger partial charge in [0.2, 0.25) is 5.91 Å². The lowest BCUT2D eigenvalue weighted by Gasteiger charge is -2.32. The summed E-state index contributed by atoms with van der Waals surface area (Å²) in [5.41, 5.74) is 3.38. The number of benzene rings is 1. The number of pyridine rings is 1. The molecule has 1 aliphatic rings. The Balaban J connectivity index is 1.42. The van der Waals surface area contributed by atoms with Gasteiger partial charge in [-0.25, -0.2) is 4.98 Å². The number of hydrogen-bond donors (Lipinski definition) is 0. The Hall–Kier alpha value is -2.53. The zero-order valence-electron chi connectivity index (χ0n) is 15.5. The second kappa shape index (κ2) is 8.01. The molecular weight excluding hydrogens is 354 g/mol. The average molecular weight is 378 g/mol. The smallest absolute Gasteiger partial charge is 0.228 e. The van der Waals surface area contributed by atoms with Gasteiger partial charge in [0.05, 0.1) is 22.0 Å². The number of piperidine rings is 1. The summed E-state index contributed by atoms with van der Waals surface area (Å²) in [7, 11) is 0. The Morgan fingerprint density at radius 2 is 1.81 bits per heavy atom. The normalized spacial score (nSPS) is 15.1. The molecule has 1 aromatic carbocycles. The highest BCUT2D eigenvalue weighted by Gasteiger charge is 2.25. The van der Waals surface area contributed by atoms with Gasteiger partial charge in [0.25, 0.3) is 0 Å². The lowest BCUT2D eigenvalue weighted by Crippen LogP contribution is -2.38. The number of rotatable bonds is 4. The summed E-state index contributed by atoms with van der Waals surface area (Å²) in [6, 6.07) is 14.4. The molecule has 4 rings (SSSR count). The Bertz CT molecular complexity index is 900. The van der Waals surface area contributed by atoms with Crippen LogP contribution in [0.5, 0.6) is 0 Å². The number of nitrogens with zero attached hydrogens (tertiary/aromatic N) is 3. The van der Waals surface area contributed by atoms with Gasteiger partial charge in [-0.2, -0.15) is 0 Å². The van der Waals surface area contributed by atoms with E-state index in [4.69, 9.17) is 0 Å². The van der Waals surface area contributed by atoms with Gasteiger partial charge >= 0.3 is 0 Å². The van der Waals surface area contributed by atoms with Crippen molar-refractivity contribution in [2.24, 2.45) is 0 Å². The molecule has 2 aromatic heterocycles. The van der Waals surface area contributed by atoms with Crippen LogP contribution in [0.25, 0.3) is 10.4 Å². The topological polar surface area (TPSA) is 46.1 Å². The molecule has 138 valence electrons. The molecule has 0 N–H and O–H groups in total. The number of carbonyl (C=O) groups is 1. The Kier molecular flexibility index (Phi) is 5.30. The highest BCUT2D eigenvalue weighted by Crippen LogP contribution is 2.32. The van der Waals surface area contributed by atoms with Crippen LogP contribution >= 0.6 is 11.3 Å². The van der Waals surface area contributed by atoms with Crippen LogP contribution < -0.4 is 0 Å². The predicted molar refractivity (Wildman–Crippen MR) is 109 cm³/mol. The van der Waals surface area contributed by atoms with Crippen LogP contribution in [0.1, 0.15) is 35.0 Å². The summed E-state index contributed by atoms with van der Waals surface area (Å²) in [5.74, 6) is 0.712. The van der Waals surface area contributed by atoms with Crippen molar-refractivity contribution in [1.82, 2.24) is 14.9 Å². The first-order valence-electron chi connectivity index (χ1n) is 9.40. The molecule has 1 saturated heterocycles. The van der Waals surface area contributed by atoms with Gasteiger partial charge in [-0.05, 0) is 48.9 Å². The van der Waals surface area contributed by atoms with E-state index in [-0.39, 0.29) is 5.91 Å². The van der Waals surface area contributed by atoms with Crippen LogP contribution in [0.15, 0.2) is 54.9 Å². The van der Waals surface area contributed by atoms with Crippen molar-refractivity contribution >= 4 is 17.2 Å². The summed E-state index contributed by atoms with van der Waals surface area (Å²) >= 11 is 1.67. The van der Waals surface area contributed by atoms with Gasteiger partial charge in [-0.1, -0.05) is 30.3 Å². The minimum Gasteiger partial charge on any atom is -0.342 e. The third kappa shape index (κ3) is 4.08. The summed E-state index contributed by atoms with van der Waals surface area (Å²) in [5, 5.41) is 1.01. The molecule has 0 aliphatic carbocycles. The quantitative estimate of drug-likeness (QED) is 0.674. The molecule has 1 amide bonds. The lowest BCUT2D eigenvalue weighted by atomic mass is 9.90. The molecular formula is C22H23N3OS. The van der Waals surface area contributed by atoms with Gasteiger partial charge in [0.1, 0.15) is 0 Å². The van der Waals surface area contributed by atoms with Crippen LogP contribution in [0.2, 0.25) is 0 Å². The van der Waals surface area contributed by atoms with Crippen LogP contribution in [0.4, 0.5) is 0 Å². The maximum Gasteiger partial charge on any atom is 0.228 e. The van der Waals surface area contributed by atoms with Gasteiger partial charge in [-0.15, -0.1) is 11.3 Å². The standard InChI is InChI=1S/C22H23N3OS/c1-16-24-20(22(27-16)19-5-3-2-4-6-19)15-21(26)25-13-9-18(10-14-25)17-7-11-23-12-8-17/h2-8,11-12,18H,9-10,13-15H2,1H3.